The van der Waals surface area contributed by atoms with E-state index < -0.39 is 0 Å². The van der Waals surface area contributed by atoms with Crippen LogP contribution in [0.25, 0.3) is 0 Å². The van der Waals surface area contributed by atoms with E-state index in [-0.39, 0.29) is 16.6 Å². The van der Waals surface area contributed by atoms with E-state index in [4.69, 9.17) is 4.84 Å². The van der Waals surface area contributed by atoms with Crippen LogP contribution >= 0.6 is 0 Å². The molecular weight excluding hydrogens is 210 g/mol. The number of hydroxylamine groups is 2. The molecule has 0 spiro atoms. The Labute approximate surface area is 109 Å². The summed E-state index contributed by atoms with van der Waals surface area (Å²) in [5.41, 5.74) is 0.0157. The van der Waals surface area contributed by atoms with Crippen molar-refractivity contribution in [1.29, 1.82) is 0 Å². The lowest BCUT2D eigenvalue weighted by Gasteiger charge is -2.46. The van der Waals surface area contributed by atoms with E-state index >= 15 is 0 Å². The van der Waals surface area contributed by atoms with E-state index in [0.717, 1.165) is 6.42 Å². The highest BCUT2D eigenvalue weighted by Gasteiger charge is 2.38. The van der Waals surface area contributed by atoms with Crippen LogP contribution in [0.5, 0.6) is 0 Å². The second-order valence-corrected chi connectivity index (χ2v) is 7.76. The first kappa shape index (κ1) is 16.9. The fourth-order valence-corrected chi connectivity index (χ4v) is 1.73. The highest BCUT2D eigenvalue weighted by Crippen LogP contribution is 2.35. The SMILES string of the molecule is CC(C)CC(C)(C)N(C)OC(C)(C)C(C)(C)C. The predicted octanol–water partition coefficient (Wildman–Crippen LogP) is 4.50. The summed E-state index contributed by atoms with van der Waals surface area (Å²) >= 11 is 0. The van der Waals surface area contributed by atoms with Crippen LogP contribution in [-0.4, -0.2) is 23.3 Å². The number of hydrogen-bond acceptors (Lipinski definition) is 2. The van der Waals surface area contributed by atoms with Crippen molar-refractivity contribution in [3.63, 3.8) is 0 Å². The van der Waals surface area contributed by atoms with E-state index in [1.807, 2.05) is 5.06 Å². The topological polar surface area (TPSA) is 12.5 Å². The van der Waals surface area contributed by atoms with Crippen LogP contribution in [0.4, 0.5) is 0 Å². The first-order valence-corrected chi connectivity index (χ1v) is 6.72. The lowest BCUT2D eigenvalue weighted by atomic mass is 9.79. The maximum absolute atomic E-state index is 6.20. The van der Waals surface area contributed by atoms with Gasteiger partial charge in [-0.1, -0.05) is 34.6 Å². The van der Waals surface area contributed by atoms with Gasteiger partial charge in [0, 0.05) is 12.6 Å². The molecule has 0 atom stereocenters. The molecule has 0 bridgehead atoms. The third-order valence-corrected chi connectivity index (χ3v) is 3.93. The molecule has 104 valence electrons. The zero-order valence-electron chi connectivity index (χ0n) is 13.6. The van der Waals surface area contributed by atoms with Gasteiger partial charge in [0.15, 0.2) is 0 Å². The normalized spacial score (nSPS) is 14.8. The molecule has 0 N–H and O–H groups in total. The fourth-order valence-electron chi connectivity index (χ4n) is 1.73. The predicted molar refractivity (Wildman–Crippen MR) is 75.9 cm³/mol. The van der Waals surface area contributed by atoms with Crippen molar-refractivity contribution in [2.75, 3.05) is 7.05 Å². The highest BCUT2D eigenvalue weighted by molar-refractivity contribution is 4.85. The van der Waals surface area contributed by atoms with E-state index in [0.29, 0.717) is 5.92 Å². The Morgan fingerprint density at radius 2 is 1.35 bits per heavy atom. The average Bonchev–Trinajstić information content (AvgIpc) is 1.97. The van der Waals surface area contributed by atoms with Gasteiger partial charge in [0.1, 0.15) is 0 Å². The molecule has 0 fully saturated rings. The van der Waals surface area contributed by atoms with Crippen molar-refractivity contribution < 1.29 is 4.84 Å². The molecule has 0 saturated heterocycles. The fraction of sp³-hybridized carbons (Fsp3) is 1.00. The van der Waals surface area contributed by atoms with Gasteiger partial charge in [-0.05, 0) is 45.4 Å². The smallest absolute Gasteiger partial charge is 0.0891 e. The standard InChI is InChI=1S/C15H33NO/c1-12(2)11-14(6,7)16(10)17-15(8,9)13(3,4)5/h12H,11H2,1-10H3. The van der Waals surface area contributed by atoms with Gasteiger partial charge in [0.05, 0.1) is 5.60 Å². The van der Waals surface area contributed by atoms with Gasteiger partial charge in [-0.3, -0.25) is 4.84 Å². The van der Waals surface area contributed by atoms with E-state index in [2.05, 4.69) is 69.4 Å². The Morgan fingerprint density at radius 3 is 1.65 bits per heavy atom. The Kier molecular flexibility index (Phi) is 5.25. The third-order valence-electron chi connectivity index (χ3n) is 3.93. The Hall–Kier alpha value is -0.0800. The van der Waals surface area contributed by atoms with Crippen LogP contribution in [0, 0.1) is 11.3 Å². The van der Waals surface area contributed by atoms with Gasteiger partial charge < -0.3 is 0 Å². The van der Waals surface area contributed by atoms with Crippen LogP contribution in [0.15, 0.2) is 0 Å². The van der Waals surface area contributed by atoms with Gasteiger partial charge in [0.2, 0.25) is 0 Å². The van der Waals surface area contributed by atoms with Crippen molar-refractivity contribution in [2.45, 2.75) is 79.9 Å². The molecule has 0 aliphatic rings. The van der Waals surface area contributed by atoms with E-state index in [1.54, 1.807) is 0 Å². The summed E-state index contributed by atoms with van der Waals surface area (Å²) in [4.78, 5) is 6.20. The van der Waals surface area contributed by atoms with Gasteiger partial charge in [0.25, 0.3) is 0 Å². The third kappa shape index (κ3) is 4.97. The van der Waals surface area contributed by atoms with Crippen LogP contribution < -0.4 is 0 Å². The quantitative estimate of drug-likeness (QED) is 0.659. The summed E-state index contributed by atoms with van der Waals surface area (Å²) in [6, 6.07) is 0. The lowest BCUT2D eigenvalue weighted by Crippen LogP contribution is -2.51. The van der Waals surface area contributed by atoms with Crippen LogP contribution in [0.3, 0.4) is 0 Å². The molecule has 0 aromatic carbocycles. The molecule has 0 rings (SSSR count). The number of hydrogen-bond donors (Lipinski definition) is 0. The van der Waals surface area contributed by atoms with Crippen LogP contribution in [0.1, 0.15) is 68.7 Å². The van der Waals surface area contributed by atoms with Gasteiger partial charge in [-0.15, -0.1) is 0 Å². The maximum Gasteiger partial charge on any atom is 0.0891 e. The minimum absolute atomic E-state index is 0.0662. The molecule has 0 radical (unpaired) electrons. The minimum Gasteiger partial charge on any atom is -0.292 e. The molecule has 2 heteroatoms. The van der Waals surface area contributed by atoms with E-state index in [9.17, 15) is 0 Å². The number of rotatable bonds is 5. The van der Waals surface area contributed by atoms with Crippen molar-refractivity contribution in [3.05, 3.63) is 0 Å². The summed E-state index contributed by atoms with van der Waals surface area (Å²) in [5, 5.41) is 2.04. The second-order valence-electron chi connectivity index (χ2n) is 7.76. The van der Waals surface area contributed by atoms with Gasteiger partial charge >= 0.3 is 0 Å². The summed E-state index contributed by atoms with van der Waals surface area (Å²) in [6.07, 6.45) is 1.13. The van der Waals surface area contributed by atoms with Crippen molar-refractivity contribution in [3.8, 4) is 0 Å². The zero-order valence-corrected chi connectivity index (χ0v) is 13.6. The summed E-state index contributed by atoms with van der Waals surface area (Å²) < 4.78 is 0. The number of nitrogens with zero attached hydrogens (tertiary/aromatic N) is 1. The monoisotopic (exact) mass is 243 g/mol. The molecule has 17 heavy (non-hydrogen) atoms. The Morgan fingerprint density at radius 1 is 0.941 bits per heavy atom. The van der Waals surface area contributed by atoms with Gasteiger partial charge in [-0.2, -0.15) is 5.06 Å². The molecule has 0 unspecified atom stereocenters. The van der Waals surface area contributed by atoms with Gasteiger partial charge in [-0.25, -0.2) is 0 Å². The van der Waals surface area contributed by atoms with Crippen molar-refractivity contribution in [1.82, 2.24) is 5.06 Å². The van der Waals surface area contributed by atoms with Crippen molar-refractivity contribution >= 4 is 0 Å². The molecule has 0 aliphatic carbocycles. The van der Waals surface area contributed by atoms with Crippen LogP contribution in [-0.2, 0) is 4.84 Å². The first-order valence-electron chi connectivity index (χ1n) is 6.72. The minimum atomic E-state index is -0.171. The molecule has 0 saturated carbocycles. The molecule has 0 aromatic rings. The molecule has 2 nitrogen and oxygen atoms in total. The lowest BCUT2D eigenvalue weighted by molar-refractivity contribution is -0.290. The molecule has 0 aliphatic heterocycles. The maximum atomic E-state index is 6.20. The zero-order chi connectivity index (χ0) is 14.1. The summed E-state index contributed by atoms with van der Waals surface area (Å²) in [6.45, 7) is 20.0. The van der Waals surface area contributed by atoms with Crippen molar-refractivity contribution in [2.24, 2.45) is 11.3 Å². The first-order chi connectivity index (χ1) is 7.29. The molecule has 0 heterocycles. The average molecular weight is 243 g/mol. The Balaban J connectivity index is 4.69. The summed E-state index contributed by atoms with van der Waals surface area (Å²) in [7, 11) is 2.05. The largest absolute Gasteiger partial charge is 0.292 e. The second kappa shape index (κ2) is 5.27. The molecular formula is C15H33NO. The van der Waals surface area contributed by atoms with Crippen LogP contribution in [0.2, 0.25) is 0 Å². The molecule has 0 amide bonds. The van der Waals surface area contributed by atoms with E-state index in [1.165, 1.54) is 0 Å². The summed E-state index contributed by atoms with van der Waals surface area (Å²) in [5.74, 6) is 0.675. The highest BCUT2D eigenvalue weighted by atomic mass is 16.7. The molecule has 0 aromatic heterocycles. The Bertz CT molecular complexity index is 236.